The highest BCUT2D eigenvalue weighted by Crippen LogP contribution is 2.21. The van der Waals surface area contributed by atoms with Gasteiger partial charge in [-0.3, -0.25) is 9.78 Å². The van der Waals surface area contributed by atoms with Gasteiger partial charge in [0.25, 0.3) is 5.91 Å². The molecule has 4 nitrogen and oxygen atoms in total. The van der Waals surface area contributed by atoms with Gasteiger partial charge >= 0.3 is 0 Å². The summed E-state index contributed by atoms with van der Waals surface area (Å²) in [6.45, 7) is 4.00. The zero-order valence-corrected chi connectivity index (χ0v) is 15.2. The normalized spacial score (nSPS) is 11.7. The molecule has 0 aliphatic carbocycles. The molecule has 26 heavy (non-hydrogen) atoms. The Kier molecular flexibility index (Phi) is 5.32. The average molecular weight is 346 g/mol. The van der Waals surface area contributed by atoms with Crippen LogP contribution in [0.1, 0.15) is 34.5 Å². The van der Waals surface area contributed by atoms with Crippen molar-refractivity contribution in [2.45, 2.75) is 19.9 Å². The summed E-state index contributed by atoms with van der Waals surface area (Å²) in [5.74, 6) is 0.619. The van der Waals surface area contributed by atoms with E-state index in [0.717, 1.165) is 22.4 Å². The number of carbonyl (C=O) groups is 1. The number of methoxy groups -OCH3 is 1. The second kappa shape index (κ2) is 7.83. The van der Waals surface area contributed by atoms with Gasteiger partial charge in [0.15, 0.2) is 0 Å². The maximum atomic E-state index is 12.6. The van der Waals surface area contributed by atoms with Crippen LogP contribution >= 0.6 is 0 Å². The molecular formula is C22H22N2O2. The molecular weight excluding hydrogens is 324 g/mol. The van der Waals surface area contributed by atoms with Crippen molar-refractivity contribution >= 4 is 5.91 Å². The molecule has 0 radical (unpaired) electrons. The van der Waals surface area contributed by atoms with Crippen LogP contribution in [0.4, 0.5) is 0 Å². The van der Waals surface area contributed by atoms with Crippen molar-refractivity contribution in [2.75, 3.05) is 7.11 Å². The molecule has 0 bridgehead atoms. The molecule has 0 saturated carbocycles. The average Bonchev–Trinajstić information content (AvgIpc) is 2.68. The van der Waals surface area contributed by atoms with Crippen molar-refractivity contribution in [1.82, 2.24) is 10.3 Å². The first-order chi connectivity index (χ1) is 12.6. The van der Waals surface area contributed by atoms with Gasteiger partial charge < -0.3 is 10.1 Å². The lowest BCUT2D eigenvalue weighted by atomic mass is 10.0. The Bertz CT molecular complexity index is 904. The van der Waals surface area contributed by atoms with E-state index in [2.05, 4.69) is 10.3 Å². The van der Waals surface area contributed by atoms with Gasteiger partial charge in [0.2, 0.25) is 0 Å². The molecule has 1 N–H and O–H groups in total. The molecule has 0 saturated heterocycles. The lowest BCUT2D eigenvalue weighted by Gasteiger charge is -2.15. The molecule has 1 aromatic heterocycles. The van der Waals surface area contributed by atoms with Crippen LogP contribution in [0.5, 0.6) is 5.75 Å². The largest absolute Gasteiger partial charge is 0.497 e. The lowest BCUT2D eigenvalue weighted by Crippen LogP contribution is -2.26. The summed E-state index contributed by atoms with van der Waals surface area (Å²) in [6.07, 6.45) is 3.36. The zero-order valence-electron chi connectivity index (χ0n) is 15.2. The maximum Gasteiger partial charge on any atom is 0.253 e. The van der Waals surface area contributed by atoms with E-state index in [4.69, 9.17) is 4.74 Å². The number of pyridine rings is 1. The number of amides is 1. The Morgan fingerprint density at radius 2 is 1.81 bits per heavy atom. The highest BCUT2D eigenvalue weighted by atomic mass is 16.5. The summed E-state index contributed by atoms with van der Waals surface area (Å²) in [7, 11) is 1.63. The van der Waals surface area contributed by atoms with E-state index in [1.807, 2.05) is 68.4 Å². The number of ether oxygens (including phenoxy) is 1. The SMILES string of the molecule is COc1cccc(C(C)NC(=O)c2cncc(-c3ccc(C)cc3)c2)c1. The van der Waals surface area contributed by atoms with Crippen molar-refractivity contribution in [3.05, 3.63) is 83.7 Å². The van der Waals surface area contributed by atoms with Crippen LogP contribution in [0.2, 0.25) is 0 Å². The molecule has 1 heterocycles. The third kappa shape index (κ3) is 4.09. The number of nitrogens with zero attached hydrogens (tertiary/aromatic N) is 1. The number of aromatic nitrogens is 1. The number of rotatable bonds is 5. The van der Waals surface area contributed by atoms with Crippen LogP contribution in [0.25, 0.3) is 11.1 Å². The van der Waals surface area contributed by atoms with Crippen LogP contribution in [0, 0.1) is 6.92 Å². The van der Waals surface area contributed by atoms with Crippen molar-refractivity contribution in [3.8, 4) is 16.9 Å². The van der Waals surface area contributed by atoms with E-state index >= 15 is 0 Å². The first-order valence-electron chi connectivity index (χ1n) is 8.54. The van der Waals surface area contributed by atoms with E-state index in [0.29, 0.717) is 5.56 Å². The number of aryl methyl sites for hydroxylation is 1. The number of hydrogen-bond acceptors (Lipinski definition) is 3. The smallest absolute Gasteiger partial charge is 0.253 e. The molecule has 0 aliphatic rings. The van der Waals surface area contributed by atoms with Crippen LogP contribution in [-0.4, -0.2) is 18.0 Å². The molecule has 2 aromatic carbocycles. The Balaban J connectivity index is 1.77. The summed E-state index contributed by atoms with van der Waals surface area (Å²) in [5, 5.41) is 3.02. The Morgan fingerprint density at radius 3 is 2.54 bits per heavy atom. The second-order valence-corrected chi connectivity index (χ2v) is 6.30. The summed E-state index contributed by atoms with van der Waals surface area (Å²) < 4.78 is 5.25. The fraction of sp³-hybridized carbons (Fsp3) is 0.182. The monoisotopic (exact) mass is 346 g/mol. The van der Waals surface area contributed by atoms with Gasteiger partial charge in [0.1, 0.15) is 5.75 Å². The molecule has 4 heteroatoms. The third-order valence-electron chi connectivity index (χ3n) is 4.33. The number of carbonyl (C=O) groups excluding carboxylic acids is 1. The zero-order chi connectivity index (χ0) is 18.5. The molecule has 1 atom stereocenters. The maximum absolute atomic E-state index is 12.6. The highest BCUT2D eigenvalue weighted by Gasteiger charge is 2.13. The van der Waals surface area contributed by atoms with Crippen LogP contribution < -0.4 is 10.1 Å². The van der Waals surface area contributed by atoms with Gasteiger partial charge in [0, 0.05) is 18.0 Å². The summed E-state index contributed by atoms with van der Waals surface area (Å²) in [5.41, 5.74) is 4.69. The minimum absolute atomic E-state index is 0.138. The highest BCUT2D eigenvalue weighted by molar-refractivity contribution is 5.95. The standard InChI is InChI=1S/C22H22N2O2/c1-15-7-9-17(10-8-15)19-11-20(14-23-13-19)22(25)24-16(2)18-5-4-6-21(12-18)26-3/h4-14,16H,1-3H3,(H,24,25). The van der Waals surface area contributed by atoms with Crippen molar-refractivity contribution in [3.63, 3.8) is 0 Å². The molecule has 0 fully saturated rings. The summed E-state index contributed by atoms with van der Waals surface area (Å²) >= 11 is 0. The summed E-state index contributed by atoms with van der Waals surface area (Å²) in [6, 6.07) is 17.6. The van der Waals surface area contributed by atoms with Crippen molar-refractivity contribution in [1.29, 1.82) is 0 Å². The molecule has 0 spiro atoms. The van der Waals surface area contributed by atoms with E-state index < -0.39 is 0 Å². The molecule has 1 unspecified atom stereocenters. The first kappa shape index (κ1) is 17.7. The quantitative estimate of drug-likeness (QED) is 0.737. The van der Waals surface area contributed by atoms with Gasteiger partial charge in [-0.1, -0.05) is 42.0 Å². The predicted molar refractivity (Wildman–Crippen MR) is 103 cm³/mol. The van der Waals surface area contributed by atoms with Gasteiger partial charge in [-0.15, -0.1) is 0 Å². The van der Waals surface area contributed by atoms with Crippen LogP contribution in [0.3, 0.4) is 0 Å². The Hall–Kier alpha value is -3.14. The van der Waals surface area contributed by atoms with Crippen molar-refractivity contribution in [2.24, 2.45) is 0 Å². The van der Waals surface area contributed by atoms with Crippen LogP contribution in [-0.2, 0) is 0 Å². The van der Waals surface area contributed by atoms with Crippen molar-refractivity contribution < 1.29 is 9.53 Å². The van der Waals surface area contributed by atoms with E-state index in [-0.39, 0.29) is 11.9 Å². The number of nitrogens with one attached hydrogen (secondary N) is 1. The topological polar surface area (TPSA) is 51.2 Å². The first-order valence-corrected chi connectivity index (χ1v) is 8.54. The molecule has 1 amide bonds. The predicted octanol–water partition coefficient (Wildman–Crippen LogP) is 4.56. The molecule has 3 rings (SSSR count). The third-order valence-corrected chi connectivity index (χ3v) is 4.33. The van der Waals surface area contributed by atoms with Gasteiger partial charge in [0.05, 0.1) is 18.7 Å². The second-order valence-electron chi connectivity index (χ2n) is 6.30. The van der Waals surface area contributed by atoms with Gasteiger partial charge in [-0.25, -0.2) is 0 Å². The van der Waals surface area contributed by atoms with E-state index in [1.54, 1.807) is 19.5 Å². The minimum atomic E-state index is -0.151. The van der Waals surface area contributed by atoms with Crippen LogP contribution in [0.15, 0.2) is 67.0 Å². The number of benzene rings is 2. The number of hydrogen-bond donors (Lipinski definition) is 1. The Labute approximate surface area is 153 Å². The van der Waals surface area contributed by atoms with E-state index in [9.17, 15) is 4.79 Å². The molecule has 132 valence electrons. The molecule has 3 aromatic rings. The van der Waals surface area contributed by atoms with E-state index in [1.165, 1.54) is 5.56 Å². The lowest BCUT2D eigenvalue weighted by molar-refractivity contribution is 0.0939. The van der Waals surface area contributed by atoms with Gasteiger partial charge in [-0.2, -0.15) is 0 Å². The van der Waals surface area contributed by atoms with Gasteiger partial charge in [-0.05, 0) is 43.2 Å². The summed E-state index contributed by atoms with van der Waals surface area (Å²) in [4.78, 5) is 16.9. The fourth-order valence-electron chi connectivity index (χ4n) is 2.74. The molecule has 0 aliphatic heterocycles. The minimum Gasteiger partial charge on any atom is -0.497 e. The Morgan fingerprint density at radius 1 is 1.04 bits per heavy atom. The fourth-order valence-corrected chi connectivity index (χ4v) is 2.74.